The first-order valence-electron chi connectivity index (χ1n) is 8.72. The molecule has 0 aromatic heterocycles. The summed E-state index contributed by atoms with van der Waals surface area (Å²) in [7, 11) is 2.31. The smallest absolute Gasteiger partial charge is 0.000755 e. The fraction of sp³-hybridized carbons (Fsp3) is 1.00. The molecule has 0 amide bonds. The molecule has 0 unspecified atom stereocenters. The van der Waals surface area contributed by atoms with E-state index < -0.39 is 0 Å². The monoisotopic (exact) mass is 268 g/mol. The van der Waals surface area contributed by atoms with E-state index in [9.17, 15) is 0 Å². The molecule has 0 aliphatic carbocycles. The van der Waals surface area contributed by atoms with Gasteiger partial charge in [-0.3, -0.25) is 0 Å². The fourth-order valence-corrected chi connectivity index (χ4v) is 3.11. The van der Waals surface area contributed by atoms with Gasteiger partial charge in [-0.25, -0.2) is 0 Å². The lowest BCUT2D eigenvalue weighted by Gasteiger charge is -2.27. The molecule has 0 spiro atoms. The summed E-state index contributed by atoms with van der Waals surface area (Å²) in [5.41, 5.74) is 0. The quantitative estimate of drug-likeness (QED) is 0.569. The van der Waals surface area contributed by atoms with Crippen molar-refractivity contribution < 1.29 is 0 Å². The van der Waals surface area contributed by atoms with Crippen molar-refractivity contribution in [2.45, 2.75) is 71.1 Å². The number of nitrogens with one attached hydrogen (secondary N) is 1. The Morgan fingerprint density at radius 1 is 0.895 bits per heavy atom. The van der Waals surface area contributed by atoms with Gasteiger partial charge in [-0.15, -0.1) is 0 Å². The number of rotatable bonds is 11. The molecule has 1 aliphatic heterocycles. The Morgan fingerprint density at radius 3 is 2.11 bits per heavy atom. The zero-order valence-electron chi connectivity index (χ0n) is 13.4. The molecule has 2 heteroatoms. The molecule has 1 saturated heterocycles. The minimum Gasteiger partial charge on any atom is -0.317 e. The highest BCUT2D eigenvalue weighted by Crippen LogP contribution is 2.13. The summed E-state index contributed by atoms with van der Waals surface area (Å²) in [6.07, 6.45) is 14.2. The van der Waals surface area contributed by atoms with Crippen molar-refractivity contribution in [3.8, 4) is 0 Å². The van der Waals surface area contributed by atoms with Gasteiger partial charge in [0.1, 0.15) is 0 Å². The lowest BCUT2D eigenvalue weighted by atomic mass is 9.97. The summed E-state index contributed by atoms with van der Waals surface area (Å²) in [4.78, 5) is 2.56. The normalized spacial score (nSPS) is 17.2. The van der Waals surface area contributed by atoms with Gasteiger partial charge in [0.15, 0.2) is 0 Å². The van der Waals surface area contributed by atoms with Crippen LogP contribution in [0.25, 0.3) is 0 Å². The minimum absolute atomic E-state index is 0.945. The van der Waals surface area contributed by atoms with Gasteiger partial charge in [-0.2, -0.15) is 0 Å². The maximum atomic E-state index is 3.45. The molecule has 1 fully saturated rings. The number of hydrogen-bond donors (Lipinski definition) is 1. The number of hydrogen-bond acceptors (Lipinski definition) is 2. The number of unbranched alkanes of at least 4 members (excludes halogenated alkanes) is 7. The van der Waals surface area contributed by atoms with Crippen molar-refractivity contribution in [2.75, 3.05) is 33.2 Å². The number of piperidine rings is 1. The second-order valence-electron chi connectivity index (χ2n) is 6.43. The molecule has 114 valence electrons. The van der Waals surface area contributed by atoms with E-state index >= 15 is 0 Å². The minimum atomic E-state index is 0.945. The molecule has 1 aliphatic rings. The van der Waals surface area contributed by atoms with Gasteiger partial charge in [0.2, 0.25) is 0 Å². The van der Waals surface area contributed by atoms with Crippen molar-refractivity contribution in [1.29, 1.82) is 0 Å². The van der Waals surface area contributed by atoms with E-state index in [2.05, 4.69) is 24.2 Å². The zero-order valence-corrected chi connectivity index (χ0v) is 13.4. The van der Waals surface area contributed by atoms with Crippen LogP contribution in [0.5, 0.6) is 0 Å². The molecule has 1 heterocycles. The van der Waals surface area contributed by atoms with Crippen LogP contribution in [0.4, 0.5) is 0 Å². The van der Waals surface area contributed by atoms with E-state index in [1.165, 1.54) is 90.4 Å². The SMILES string of the molecule is CCCCCCCCCCN(C)CC1CCNCC1. The molecule has 0 aromatic rings. The summed E-state index contributed by atoms with van der Waals surface area (Å²) in [5.74, 6) is 0.945. The molecular formula is C17H36N2. The molecule has 0 saturated carbocycles. The molecule has 0 radical (unpaired) electrons. The lowest BCUT2D eigenvalue weighted by Crippen LogP contribution is -2.34. The van der Waals surface area contributed by atoms with Gasteiger partial charge in [0.25, 0.3) is 0 Å². The highest BCUT2D eigenvalue weighted by Gasteiger charge is 2.14. The van der Waals surface area contributed by atoms with Gasteiger partial charge in [-0.1, -0.05) is 51.9 Å². The molecule has 1 rings (SSSR count). The third-order valence-corrected chi connectivity index (χ3v) is 4.42. The lowest BCUT2D eigenvalue weighted by molar-refractivity contribution is 0.236. The zero-order chi connectivity index (χ0) is 13.8. The van der Waals surface area contributed by atoms with Crippen LogP contribution in [0.2, 0.25) is 0 Å². The average Bonchev–Trinajstić information content (AvgIpc) is 2.43. The molecule has 2 nitrogen and oxygen atoms in total. The summed E-state index contributed by atoms with van der Waals surface area (Å²) < 4.78 is 0. The van der Waals surface area contributed by atoms with Crippen LogP contribution in [0.3, 0.4) is 0 Å². The topological polar surface area (TPSA) is 15.3 Å². The van der Waals surface area contributed by atoms with Crippen LogP contribution in [-0.2, 0) is 0 Å². The second-order valence-corrected chi connectivity index (χ2v) is 6.43. The summed E-state index contributed by atoms with van der Waals surface area (Å²) in [6.45, 7) is 7.38. The highest BCUT2D eigenvalue weighted by atomic mass is 15.1. The van der Waals surface area contributed by atoms with E-state index in [1.54, 1.807) is 0 Å². The van der Waals surface area contributed by atoms with Gasteiger partial charge >= 0.3 is 0 Å². The maximum absolute atomic E-state index is 3.45. The largest absolute Gasteiger partial charge is 0.317 e. The summed E-state index contributed by atoms with van der Waals surface area (Å²) in [5, 5.41) is 3.45. The number of nitrogens with zero attached hydrogens (tertiary/aromatic N) is 1. The Morgan fingerprint density at radius 2 is 1.47 bits per heavy atom. The molecular weight excluding hydrogens is 232 g/mol. The highest BCUT2D eigenvalue weighted by molar-refractivity contribution is 4.71. The Kier molecular flexibility index (Phi) is 10.5. The average molecular weight is 268 g/mol. The van der Waals surface area contributed by atoms with Crippen LogP contribution in [0.15, 0.2) is 0 Å². The first-order chi connectivity index (χ1) is 9.33. The molecule has 1 N–H and O–H groups in total. The van der Waals surface area contributed by atoms with Crippen molar-refractivity contribution in [3.05, 3.63) is 0 Å². The van der Waals surface area contributed by atoms with Crippen LogP contribution in [0.1, 0.15) is 71.1 Å². The standard InChI is InChI=1S/C17H36N2/c1-3-4-5-6-7-8-9-10-15-19(2)16-17-11-13-18-14-12-17/h17-18H,3-16H2,1-2H3. The van der Waals surface area contributed by atoms with Crippen molar-refractivity contribution in [1.82, 2.24) is 10.2 Å². The summed E-state index contributed by atoms with van der Waals surface area (Å²) in [6, 6.07) is 0. The van der Waals surface area contributed by atoms with E-state index in [0.29, 0.717) is 0 Å². The van der Waals surface area contributed by atoms with Crippen molar-refractivity contribution >= 4 is 0 Å². The van der Waals surface area contributed by atoms with E-state index in [4.69, 9.17) is 0 Å². The Labute approximate surface area is 121 Å². The van der Waals surface area contributed by atoms with Gasteiger partial charge in [-0.05, 0) is 51.9 Å². The van der Waals surface area contributed by atoms with Gasteiger partial charge < -0.3 is 10.2 Å². The van der Waals surface area contributed by atoms with Crippen molar-refractivity contribution in [2.24, 2.45) is 5.92 Å². The third-order valence-electron chi connectivity index (χ3n) is 4.42. The molecule has 19 heavy (non-hydrogen) atoms. The van der Waals surface area contributed by atoms with E-state index in [-0.39, 0.29) is 0 Å². The Hall–Kier alpha value is -0.0800. The predicted octanol–water partition coefficient (Wildman–Crippen LogP) is 4.06. The molecule has 0 bridgehead atoms. The maximum Gasteiger partial charge on any atom is 0.000755 e. The first-order valence-corrected chi connectivity index (χ1v) is 8.72. The Balaban J connectivity index is 1.85. The van der Waals surface area contributed by atoms with Crippen LogP contribution < -0.4 is 5.32 Å². The second kappa shape index (κ2) is 11.7. The van der Waals surface area contributed by atoms with Crippen LogP contribution in [0, 0.1) is 5.92 Å². The summed E-state index contributed by atoms with van der Waals surface area (Å²) >= 11 is 0. The van der Waals surface area contributed by atoms with Crippen LogP contribution in [-0.4, -0.2) is 38.1 Å². The fourth-order valence-electron chi connectivity index (χ4n) is 3.11. The molecule has 0 aromatic carbocycles. The van der Waals surface area contributed by atoms with E-state index in [0.717, 1.165) is 5.92 Å². The first kappa shape index (κ1) is 17.0. The molecule has 0 atom stereocenters. The van der Waals surface area contributed by atoms with Gasteiger partial charge in [0, 0.05) is 6.54 Å². The Bertz CT molecular complexity index is 188. The van der Waals surface area contributed by atoms with Gasteiger partial charge in [0.05, 0.1) is 0 Å². The van der Waals surface area contributed by atoms with E-state index in [1.807, 2.05) is 0 Å². The predicted molar refractivity (Wildman–Crippen MR) is 85.7 cm³/mol. The third kappa shape index (κ3) is 9.45. The van der Waals surface area contributed by atoms with Crippen LogP contribution >= 0.6 is 0 Å². The van der Waals surface area contributed by atoms with Crippen molar-refractivity contribution in [3.63, 3.8) is 0 Å².